The van der Waals surface area contributed by atoms with Gasteiger partial charge in [-0.2, -0.15) is 0 Å². The average Bonchev–Trinajstić information content (AvgIpc) is 2.86. The van der Waals surface area contributed by atoms with Gasteiger partial charge in [0.2, 0.25) is 0 Å². The van der Waals surface area contributed by atoms with Gasteiger partial charge in [-0.1, -0.05) is 18.2 Å². The molecule has 1 amide bonds. The molecular weight excluding hydrogens is 280 g/mol. The van der Waals surface area contributed by atoms with Crippen LogP contribution in [0.2, 0.25) is 0 Å². The van der Waals surface area contributed by atoms with Gasteiger partial charge in [-0.15, -0.1) is 0 Å². The number of para-hydroxylation sites is 1. The van der Waals surface area contributed by atoms with Crippen LogP contribution < -0.4 is 5.32 Å². The van der Waals surface area contributed by atoms with Gasteiger partial charge in [0.05, 0.1) is 11.5 Å². The van der Waals surface area contributed by atoms with E-state index in [1.807, 2.05) is 42.1 Å². The number of benzene rings is 1. The van der Waals surface area contributed by atoms with Crippen LogP contribution in [-0.4, -0.2) is 27.6 Å². The fourth-order valence-corrected chi connectivity index (χ4v) is 3.27. The number of carbonyl (C=O) groups is 2. The van der Waals surface area contributed by atoms with Crippen molar-refractivity contribution in [3.05, 3.63) is 36.0 Å². The van der Waals surface area contributed by atoms with Crippen LogP contribution in [0, 0.1) is 5.92 Å². The Morgan fingerprint density at radius 2 is 1.86 bits per heavy atom. The van der Waals surface area contributed by atoms with E-state index in [9.17, 15) is 9.59 Å². The standard InChI is InChI=1S/C17H20N2O3/c1-19-10-14(13-4-2-3-5-15(13)19)16(20)18-12-8-6-11(7-9-12)17(21)22/h2-5,10-12H,6-9H2,1H3,(H,18,20)(H,21,22). The fourth-order valence-electron chi connectivity index (χ4n) is 3.27. The van der Waals surface area contributed by atoms with Gasteiger partial charge in [-0.25, -0.2) is 0 Å². The van der Waals surface area contributed by atoms with Crippen LogP contribution in [0.3, 0.4) is 0 Å². The minimum atomic E-state index is -0.723. The second-order valence-corrected chi connectivity index (χ2v) is 6.03. The van der Waals surface area contributed by atoms with Gasteiger partial charge in [0.25, 0.3) is 5.91 Å². The zero-order valence-electron chi connectivity index (χ0n) is 12.6. The Morgan fingerprint density at radius 1 is 1.18 bits per heavy atom. The van der Waals surface area contributed by atoms with E-state index >= 15 is 0 Å². The van der Waals surface area contributed by atoms with E-state index in [0.29, 0.717) is 18.4 Å². The van der Waals surface area contributed by atoms with E-state index in [1.54, 1.807) is 0 Å². The Balaban J connectivity index is 1.71. The summed E-state index contributed by atoms with van der Waals surface area (Å²) in [5.41, 5.74) is 1.71. The molecule has 1 heterocycles. The SMILES string of the molecule is Cn1cc(C(=O)NC2CCC(C(=O)O)CC2)c2ccccc21. The Labute approximate surface area is 128 Å². The fraction of sp³-hybridized carbons (Fsp3) is 0.412. The molecule has 1 aromatic carbocycles. The van der Waals surface area contributed by atoms with E-state index in [-0.39, 0.29) is 17.9 Å². The van der Waals surface area contributed by atoms with Crippen molar-refractivity contribution in [3.63, 3.8) is 0 Å². The minimum Gasteiger partial charge on any atom is -0.481 e. The van der Waals surface area contributed by atoms with Crippen molar-refractivity contribution in [2.24, 2.45) is 13.0 Å². The van der Waals surface area contributed by atoms with Crippen molar-refractivity contribution < 1.29 is 14.7 Å². The first-order valence-electron chi connectivity index (χ1n) is 7.64. The third-order valence-corrected chi connectivity index (χ3v) is 4.55. The molecule has 0 saturated heterocycles. The van der Waals surface area contributed by atoms with Crippen molar-refractivity contribution in [1.29, 1.82) is 0 Å². The van der Waals surface area contributed by atoms with Crippen molar-refractivity contribution in [3.8, 4) is 0 Å². The molecule has 0 spiro atoms. The van der Waals surface area contributed by atoms with Crippen LogP contribution in [0.25, 0.3) is 10.9 Å². The quantitative estimate of drug-likeness (QED) is 0.915. The number of carboxylic acid groups (broad SMARTS) is 1. The summed E-state index contributed by atoms with van der Waals surface area (Å²) in [7, 11) is 1.93. The van der Waals surface area contributed by atoms with Crippen LogP contribution in [0.5, 0.6) is 0 Å². The van der Waals surface area contributed by atoms with E-state index in [4.69, 9.17) is 5.11 Å². The molecule has 116 valence electrons. The Hall–Kier alpha value is -2.30. The predicted molar refractivity (Wildman–Crippen MR) is 83.8 cm³/mol. The highest BCUT2D eigenvalue weighted by Gasteiger charge is 2.27. The number of aromatic nitrogens is 1. The molecule has 1 fully saturated rings. The number of rotatable bonds is 3. The Morgan fingerprint density at radius 3 is 2.55 bits per heavy atom. The van der Waals surface area contributed by atoms with Gasteiger partial charge in [-0.3, -0.25) is 9.59 Å². The van der Waals surface area contributed by atoms with Crippen molar-refractivity contribution in [1.82, 2.24) is 9.88 Å². The molecule has 1 aliphatic rings. The summed E-state index contributed by atoms with van der Waals surface area (Å²) in [6.45, 7) is 0. The summed E-state index contributed by atoms with van der Waals surface area (Å²) < 4.78 is 1.95. The molecular formula is C17H20N2O3. The van der Waals surface area contributed by atoms with Crippen LogP contribution in [0.1, 0.15) is 36.0 Å². The minimum absolute atomic E-state index is 0.0714. The van der Waals surface area contributed by atoms with E-state index in [1.165, 1.54) is 0 Å². The Kier molecular flexibility index (Phi) is 3.88. The smallest absolute Gasteiger partial charge is 0.306 e. The number of hydrogen-bond donors (Lipinski definition) is 2. The first-order valence-corrected chi connectivity index (χ1v) is 7.64. The molecule has 0 radical (unpaired) electrons. The van der Waals surface area contributed by atoms with Gasteiger partial charge in [0.15, 0.2) is 0 Å². The summed E-state index contributed by atoms with van der Waals surface area (Å²) in [5, 5.41) is 13.0. The van der Waals surface area contributed by atoms with E-state index < -0.39 is 5.97 Å². The maximum absolute atomic E-state index is 12.5. The van der Waals surface area contributed by atoms with Crippen molar-refractivity contribution >= 4 is 22.8 Å². The summed E-state index contributed by atoms with van der Waals surface area (Å²) in [6, 6.07) is 7.89. The van der Waals surface area contributed by atoms with Crippen LogP contribution in [0.4, 0.5) is 0 Å². The maximum Gasteiger partial charge on any atom is 0.306 e. The molecule has 0 unspecified atom stereocenters. The number of nitrogens with zero attached hydrogens (tertiary/aromatic N) is 1. The van der Waals surface area contributed by atoms with Crippen molar-refractivity contribution in [2.45, 2.75) is 31.7 Å². The zero-order valence-corrected chi connectivity index (χ0v) is 12.6. The van der Waals surface area contributed by atoms with Gasteiger partial charge in [-0.05, 0) is 31.7 Å². The summed E-state index contributed by atoms with van der Waals surface area (Å²) >= 11 is 0. The predicted octanol–water partition coefficient (Wildman–Crippen LogP) is 2.55. The molecule has 5 nitrogen and oxygen atoms in total. The van der Waals surface area contributed by atoms with E-state index in [2.05, 4.69) is 5.32 Å². The number of nitrogens with one attached hydrogen (secondary N) is 1. The zero-order chi connectivity index (χ0) is 15.7. The van der Waals surface area contributed by atoms with Crippen LogP contribution in [-0.2, 0) is 11.8 Å². The van der Waals surface area contributed by atoms with Crippen LogP contribution in [0.15, 0.2) is 30.5 Å². The van der Waals surface area contributed by atoms with Crippen molar-refractivity contribution in [2.75, 3.05) is 0 Å². The average molecular weight is 300 g/mol. The third kappa shape index (κ3) is 2.71. The Bertz CT molecular complexity index is 712. The first kappa shape index (κ1) is 14.6. The molecule has 0 aliphatic heterocycles. The second kappa shape index (κ2) is 5.83. The number of aliphatic carboxylic acids is 1. The normalized spacial score (nSPS) is 21.7. The lowest BCUT2D eigenvalue weighted by atomic mass is 9.86. The molecule has 1 saturated carbocycles. The van der Waals surface area contributed by atoms with Gasteiger partial charge in [0, 0.05) is 30.2 Å². The molecule has 2 aromatic rings. The topological polar surface area (TPSA) is 71.3 Å². The van der Waals surface area contributed by atoms with Gasteiger partial charge < -0.3 is 15.0 Å². The first-order chi connectivity index (χ1) is 10.6. The van der Waals surface area contributed by atoms with Gasteiger partial charge >= 0.3 is 5.97 Å². The second-order valence-electron chi connectivity index (χ2n) is 6.03. The summed E-state index contributed by atoms with van der Waals surface area (Å²) in [5.74, 6) is -1.06. The van der Waals surface area contributed by atoms with E-state index in [0.717, 1.165) is 23.7 Å². The van der Waals surface area contributed by atoms with Crippen LogP contribution >= 0.6 is 0 Å². The highest BCUT2D eigenvalue weighted by Crippen LogP contribution is 2.25. The molecule has 0 atom stereocenters. The number of carbonyl (C=O) groups excluding carboxylic acids is 1. The lowest BCUT2D eigenvalue weighted by Crippen LogP contribution is -2.38. The molecule has 2 N–H and O–H groups in total. The number of aryl methyl sites for hydroxylation is 1. The molecule has 0 bridgehead atoms. The largest absolute Gasteiger partial charge is 0.481 e. The summed E-state index contributed by atoms with van der Waals surface area (Å²) in [4.78, 5) is 23.5. The lowest BCUT2D eigenvalue weighted by Gasteiger charge is -2.26. The number of hydrogen-bond acceptors (Lipinski definition) is 2. The number of fused-ring (bicyclic) bond motifs is 1. The highest BCUT2D eigenvalue weighted by atomic mass is 16.4. The number of carboxylic acids is 1. The molecule has 5 heteroatoms. The lowest BCUT2D eigenvalue weighted by molar-refractivity contribution is -0.142. The summed E-state index contributed by atoms with van der Waals surface area (Å²) in [6.07, 6.45) is 4.58. The molecule has 1 aliphatic carbocycles. The molecule has 1 aromatic heterocycles. The maximum atomic E-state index is 12.5. The monoisotopic (exact) mass is 300 g/mol. The molecule has 3 rings (SSSR count). The third-order valence-electron chi connectivity index (χ3n) is 4.55. The van der Waals surface area contributed by atoms with Gasteiger partial charge in [0.1, 0.15) is 0 Å². The number of amides is 1. The molecule has 22 heavy (non-hydrogen) atoms. The highest BCUT2D eigenvalue weighted by molar-refractivity contribution is 6.07.